The lowest BCUT2D eigenvalue weighted by atomic mass is 10.2. The predicted molar refractivity (Wildman–Crippen MR) is 72.1 cm³/mol. The van der Waals surface area contributed by atoms with Gasteiger partial charge in [-0.25, -0.2) is 4.79 Å². The number of hydrogen-bond donors (Lipinski definition) is 0. The number of aromatic nitrogens is 2. The summed E-state index contributed by atoms with van der Waals surface area (Å²) in [7, 11) is 1.79. The van der Waals surface area contributed by atoms with Gasteiger partial charge < -0.3 is 4.74 Å². The first kappa shape index (κ1) is 12.1. The Morgan fingerprint density at radius 3 is 2.53 bits per heavy atom. The topological polar surface area (TPSA) is 44.1 Å². The summed E-state index contributed by atoms with van der Waals surface area (Å²) in [4.78, 5) is 11.9. The van der Waals surface area contributed by atoms with Gasteiger partial charge in [0, 0.05) is 16.3 Å². The second-order valence-electron chi connectivity index (χ2n) is 3.61. The second kappa shape index (κ2) is 4.87. The highest BCUT2D eigenvalue weighted by atomic mass is 127. The number of carbonyl (C=O) groups excluding carboxylic acids is 1. The van der Waals surface area contributed by atoms with E-state index in [9.17, 15) is 4.79 Å². The number of halogens is 1. The van der Waals surface area contributed by atoms with Crippen LogP contribution in [0, 0.1) is 10.5 Å². The molecule has 17 heavy (non-hydrogen) atoms. The zero-order chi connectivity index (χ0) is 12.4. The normalized spacial score (nSPS) is 10.3. The molecule has 1 aromatic carbocycles. The lowest BCUT2D eigenvalue weighted by Gasteiger charge is -2.03. The minimum Gasteiger partial charge on any atom is -0.423 e. The van der Waals surface area contributed by atoms with Crippen LogP contribution in [0.15, 0.2) is 30.5 Å². The Bertz CT molecular complexity index is 546. The minimum atomic E-state index is -0.378. The van der Waals surface area contributed by atoms with E-state index in [0.29, 0.717) is 11.3 Å². The molecule has 2 rings (SSSR count). The third-order valence-corrected chi connectivity index (χ3v) is 3.20. The molecule has 1 heterocycles. The minimum absolute atomic E-state index is 0.378. The summed E-state index contributed by atoms with van der Waals surface area (Å²) in [5.41, 5.74) is 1.28. The maximum absolute atomic E-state index is 11.9. The van der Waals surface area contributed by atoms with Gasteiger partial charge in [0.05, 0.1) is 6.20 Å². The van der Waals surface area contributed by atoms with Crippen molar-refractivity contribution in [1.29, 1.82) is 0 Å². The fourth-order valence-corrected chi connectivity index (χ4v) is 1.72. The standard InChI is InChI=1S/C12H11IN2O2/c1-8-11(7-14-15(8)2)12(16)17-10-5-3-9(13)4-6-10/h3-7H,1-2H3. The van der Waals surface area contributed by atoms with Crippen LogP contribution in [0.25, 0.3) is 0 Å². The van der Waals surface area contributed by atoms with Crippen molar-refractivity contribution in [3.63, 3.8) is 0 Å². The average molecular weight is 342 g/mol. The van der Waals surface area contributed by atoms with Crippen LogP contribution in [0.4, 0.5) is 0 Å². The molecule has 0 unspecified atom stereocenters. The first-order chi connectivity index (χ1) is 8.08. The number of nitrogens with zero attached hydrogens (tertiary/aromatic N) is 2. The van der Waals surface area contributed by atoms with Gasteiger partial charge in [-0.3, -0.25) is 4.68 Å². The molecule has 0 spiro atoms. The first-order valence-corrected chi connectivity index (χ1v) is 6.12. The molecule has 0 N–H and O–H groups in total. The molecule has 0 aliphatic rings. The summed E-state index contributed by atoms with van der Waals surface area (Å²) < 4.78 is 7.99. The Morgan fingerprint density at radius 1 is 1.35 bits per heavy atom. The van der Waals surface area contributed by atoms with Crippen molar-refractivity contribution in [2.75, 3.05) is 0 Å². The van der Waals surface area contributed by atoms with Crippen LogP contribution >= 0.6 is 22.6 Å². The van der Waals surface area contributed by atoms with Crippen molar-refractivity contribution in [3.05, 3.63) is 45.3 Å². The summed E-state index contributed by atoms with van der Waals surface area (Å²) in [5, 5.41) is 4.01. The molecule has 1 aromatic heterocycles. The van der Waals surface area contributed by atoms with Crippen LogP contribution in [0.3, 0.4) is 0 Å². The Morgan fingerprint density at radius 2 is 2.00 bits per heavy atom. The lowest BCUT2D eigenvalue weighted by molar-refractivity contribution is 0.0734. The van der Waals surface area contributed by atoms with E-state index >= 15 is 0 Å². The van der Waals surface area contributed by atoms with Gasteiger partial charge in [-0.2, -0.15) is 5.10 Å². The van der Waals surface area contributed by atoms with Gasteiger partial charge in [-0.15, -0.1) is 0 Å². The molecule has 4 nitrogen and oxygen atoms in total. The van der Waals surface area contributed by atoms with Crippen molar-refractivity contribution in [2.45, 2.75) is 6.92 Å². The third-order valence-electron chi connectivity index (χ3n) is 2.48. The Balaban J connectivity index is 2.17. The van der Waals surface area contributed by atoms with Crippen molar-refractivity contribution >= 4 is 28.6 Å². The lowest BCUT2D eigenvalue weighted by Crippen LogP contribution is -2.09. The largest absolute Gasteiger partial charge is 0.423 e. The zero-order valence-electron chi connectivity index (χ0n) is 9.48. The van der Waals surface area contributed by atoms with E-state index in [4.69, 9.17) is 4.74 Å². The summed E-state index contributed by atoms with van der Waals surface area (Å²) >= 11 is 2.20. The van der Waals surface area contributed by atoms with Crippen LogP contribution < -0.4 is 4.74 Å². The summed E-state index contributed by atoms with van der Waals surface area (Å²) in [5.74, 6) is 0.162. The molecule has 0 atom stereocenters. The van der Waals surface area contributed by atoms with Gasteiger partial charge in [-0.05, 0) is 53.8 Å². The predicted octanol–water partition coefficient (Wildman–Crippen LogP) is 2.55. The molecular formula is C12H11IN2O2. The van der Waals surface area contributed by atoms with E-state index in [1.165, 1.54) is 6.20 Å². The molecule has 0 amide bonds. The van der Waals surface area contributed by atoms with Gasteiger partial charge in [0.1, 0.15) is 11.3 Å². The van der Waals surface area contributed by atoms with E-state index in [2.05, 4.69) is 27.7 Å². The van der Waals surface area contributed by atoms with Gasteiger partial charge in [0.2, 0.25) is 0 Å². The molecule has 0 saturated heterocycles. The Labute approximate surface area is 113 Å². The maximum Gasteiger partial charge on any atom is 0.347 e. The van der Waals surface area contributed by atoms with E-state index in [0.717, 1.165) is 9.26 Å². The highest BCUT2D eigenvalue weighted by Crippen LogP contribution is 2.16. The number of benzene rings is 1. The smallest absolute Gasteiger partial charge is 0.347 e. The fourth-order valence-electron chi connectivity index (χ4n) is 1.36. The Kier molecular flexibility index (Phi) is 3.46. The van der Waals surface area contributed by atoms with Crippen LogP contribution in [-0.4, -0.2) is 15.7 Å². The Hall–Kier alpha value is -1.37. The van der Waals surface area contributed by atoms with E-state index in [1.807, 2.05) is 19.1 Å². The van der Waals surface area contributed by atoms with Crippen molar-refractivity contribution < 1.29 is 9.53 Å². The van der Waals surface area contributed by atoms with Crippen LogP contribution in [0.1, 0.15) is 16.1 Å². The molecule has 5 heteroatoms. The number of hydrogen-bond acceptors (Lipinski definition) is 3. The number of carbonyl (C=O) groups is 1. The van der Waals surface area contributed by atoms with E-state index in [-0.39, 0.29) is 5.97 Å². The molecule has 0 aliphatic carbocycles. The SMILES string of the molecule is Cc1c(C(=O)Oc2ccc(I)cc2)cnn1C. The van der Waals surface area contributed by atoms with Crippen LogP contribution in [0.5, 0.6) is 5.75 Å². The number of rotatable bonds is 2. The van der Waals surface area contributed by atoms with Crippen molar-refractivity contribution in [3.8, 4) is 5.75 Å². The highest BCUT2D eigenvalue weighted by Gasteiger charge is 2.14. The summed E-state index contributed by atoms with van der Waals surface area (Å²) in [6.45, 7) is 1.83. The number of esters is 1. The summed E-state index contributed by atoms with van der Waals surface area (Å²) in [6.07, 6.45) is 1.52. The average Bonchev–Trinajstić information content (AvgIpc) is 2.63. The molecule has 88 valence electrons. The van der Waals surface area contributed by atoms with Crippen molar-refractivity contribution in [2.24, 2.45) is 7.05 Å². The van der Waals surface area contributed by atoms with Crippen LogP contribution in [0.2, 0.25) is 0 Å². The van der Waals surface area contributed by atoms with Gasteiger partial charge in [0.25, 0.3) is 0 Å². The molecule has 0 bridgehead atoms. The van der Waals surface area contributed by atoms with E-state index < -0.39 is 0 Å². The quantitative estimate of drug-likeness (QED) is 0.479. The molecule has 0 aliphatic heterocycles. The summed E-state index contributed by atoms with van der Waals surface area (Å²) in [6, 6.07) is 7.31. The first-order valence-electron chi connectivity index (χ1n) is 5.04. The monoisotopic (exact) mass is 342 g/mol. The molecule has 2 aromatic rings. The maximum atomic E-state index is 11.9. The third kappa shape index (κ3) is 2.66. The molecular weight excluding hydrogens is 331 g/mol. The second-order valence-corrected chi connectivity index (χ2v) is 4.86. The highest BCUT2D eigenvalue weighted by molar-refractivity contribution is 14.1. The molecule has 0 radical (unpaired) electrons. The fraction of sp³-hybridized carbons (Fsp3) is 0.167. The van der Waals surface area contributed by atoms with Gasteiger partial charge in [-0.1, -0.05) is 0 Å². The van der Waals surface area contributed by atoms with Gasteiger partial charge in [0.15, 0.2) is 0 Å². The van der Waals surface area contributed by atoms with E-state index in [1.54, 1.807) is 23.9 Å². The van der Waals surface area contributed by atoms with Crippen molar-refractivity contribution in [1.82, 2.24) is 9.78 Å². The zero-order valence-corrected chi connectivity index (χ0v) is 11.6. The number of aryl methyl sites for hydroxylation is 1. The molecule has 0 fully saturated rings. The number of ether oxygens (including phenoxy) is 1. The van der Waals surface area contributed by atoms with Crippen LogP contribution in [-0.2, 0) is 7.05 Å². The van der Waals surface area contributed by atoms with Gasteiger partial charge >= 0.3 is 5.97 Å². The molecule has 0 saturated carbocycles.